The molecular weight excluding hydrogens is 376 g/mol. The summed E-state index contributed by atoms with van der Waals surface area (Å²) >= 11 is 0. The molecule has 4 rings (SSSR count). The quantitative estimate of drug-likeness (QED) is 0.803. The monoisotopic (exact) mass is 398 g/mol. The molecule has 1 saturated heterocycles. The van der Waals surface area contributed by atoms with Gasteiger partial charge in [-0.1, -0.05) is 12.1 Å². The molecule has 0 radical (unpaired) electrons. The fraction of sp³-hybridized carbons (Fsp3) is 0.333. The zero-order valence-corrected chi connectivity index (χ0v) is 16.7. The highest BCUT2D eigenvalue weighted by Gasteiger charge is 2.40. The molecule has 2 aromatic carbocycles. The van der Waals surface area contributed by atoms with E-state index in [0.717, 1.165) is 11.1 Å². The van der Waals surface area contributed by atoms with Crippen molar-refractivity contribution in [1.29, 1.82) is 0 Å². The van der Waals surface area contributed by atoms with E-state index in [0.29, 0.717) is 36.2 Å². The second kappa shape index (κ2) is 6.83. The number of carbonyl (C=O) groups is 2. The number of aryl methyl sites for hydroxylation is 2. The normalized spacial score (nSPS) is 19.5. The third kappa shape index (κ3) is 3.14. The van der Waals surface area contributed by atoms with Crippen LogP contribution in [-0.2, 0) is 21.2 Å². The number of ketones is 1. The molecule has 0 aliphatic carbocycles. The molecule has 0 spiro atoms. The van der Waals surface area contributed by atoms with Gasteiger partial charge in [0.05, 0.1) is 17.4 Å². The Morgan fingerprint density at radius 3 is 2.64 bits per heavy atom. The smallest absolute Gasteiger partial charge is 0.243 e. The van der Waals surface area contributed by atoms with Gasteiger partial charge in [0.25, 0.3) is 0 Å². The number of sulfonamides is 1. The first kappa shape index (κ1) is 18.8. The van der Waals surface area contributed by atoms with Gasteiger partial charge >= 0.3 is 0 Å². The highest BCUT2D eigenvalue weighted by molar-refractivity contribution is 7.89. The van der Waals surface area contributed by atoms with Crippen LogP contribution in [0.5, 0.6) is 0 Å². The number of Topliss-reactive ketones (excluding diaryl/α,β-unsaturated/α-hetero) is 1. The number of carbonyl (C=O) groups excluding carboxylic acids is 2. The van der Waals surface area contributed by atoms with E-state index in [1.165, 1.54) is 10.4 Å². The van der Waals surface area contributed by atoms with E-state index in [-0.39, 0.29) is 23.0 Å². The molecule has 146 valence electrons. The molecule has 2 aromatic rings. The molecule has 7 heteroatoms. The average Bonchev–Trinajstić information content (AvgIpc) is 3.28. The van der Waals surface area contributed by atoms with E-state index in [2.05, 4.69) is 5.32 Å². The first-order valence-corrected chi connectivity index (χ1v) is 10.8. The maximum Gasteiger partial charge on any atom is 0.243 e. The lowest BCUT2D eigenvalue weighted by Crippen LogP contribution is -2.40. The zero-order chi connectivity index (χ0) is 20.1. The Morgan fingerprint density at radius 2 is 1.89 bits per heavy atom. The summed E-state index contributed by atoms with van der Waals surface area (Å²) in [6.07, 6.45) is 1.32. The Morgan fingerprint density at radius 1 is 1.11 bits per heavy atom. The molecule has 1 fully saturated rings. The van der Waals surface area contributed by atoms with Crippen LogP contribution in [0.15, 0.2) is 41.3 Å². The highest BCUT2D eigenvalue weighted by Crippen LogP contribution is 2.32. The Hall–Kier alpha value is -2.51. The van der Waals surface area contributed by atoms with Crippen molar-refractivity contribution in [3.63, 3.8) is 0 Å². The van der Waals surface area contributed by atoms with E-state index in [4.69, 9.17) is 0 Å². The topological polar surface area (TPSA) is 83.6 Å². The molecule has 2 heterocycles. The van der Waals surface area contributed by atoms with Crippen molar-refractivity contribution >= 4 is 27.4 Å². The standard InChI is InChI=1S/C21H22N2O4S/c1-13-5-6-15(10-14(13)2)21(25)19-4-3-9-23(19)28(26,27)17-7-8-18-16(11-17)12-20(24)22-18/h5-8,10-11,19H,3-4,9,12H2,1-2H3,(H,22,24). The van der Waals surface area contributed by atoms with Gasteiger partial charge in [-0.3, -0.25) is 9.59 Å². The third-order valence-electron chi connectivity index (χ3n) is 5.61. The van der Waals surface area contributed by atoms with Gasteiger partial charge in [-0.25, -0.2) is 8.42 Å². The fourth-order valence-corrected chi connectivity index (χ4v) is 5.59. The van der Waals surface area contributed by atoms with Crippen LogP contribution in [0.2, 0.25) is 0 Å². The highest BCUT2D eigenvalue weighted by atomic mass is 32.2. The Kier molecular flexibility index (Phi) is 4.59. The summed E-state index contributed by atoms with van der Waals surface area (Å²) in [6.45, 7) is 4.23. The van der Waals surface area contributed by atoms with Gasteiger partial charge in [-0.2, -0.15) is 4.31 Å². The number of nitrogens with one attached hydrogen (secondary N) is 1. The largest absolute Gasteiger partial charge is 0.326 e. The number of hydrogen-bond acceptors (Lipinski definition) is 4. The summed E-state index contributed by atoms with van der Waals surface area (Å²) in [5.74, 6) is -0.310. The van der Waals surface area contributed by atoms with Gasteiger partial charge in [-0.05, 0) is 67.6 Å². The van der Waals surface area contributed by atoms with Crippen molar-refractivity contribution in [1.82, 2.24) is 4.31 Å². The number of benzene rings is 2. The Labute approximate surface area is 164 Å². The number of rotatable bonds is 4. The molecular formula is C21H22N2O4S. The van der Waals surface area contributed by atoms with Crippen LogP contribution in [0.1, 0.15) is 39.9 Å². The van der Waals surface area contributed by atoms with E-state index >= 15 is 0 Å². The van der Waals surface area contributed by atoms with Crippen LogP contribution >= 0.6 is 0 Å². The van der Waals surface area contributed by atoms with Crippen molar-refractivity contribution in [2.75, 3.05) is 11.9 Å². The number of hydrogen-bond donors (Lipinski definition) is 1. The van der Waals surface area contributed by atoms with Crippen LogP contribution in [0, 0.1) is 13.8 Å². The maximum atomic E-state index is 13.3. The van der Waals surface area contributed by atoms with Gasteiger partial charge < -0.3 is 5.32 Å². The molecule has 1 unspecified atom stereocenters. The molecule has 28 heavy (non-hydrogen) atoms. The Balaban J connectivity index is 1.65. The third-order valence-corrected chi connectivity index (χ3v) is 7.51. The van der Waals surface area contributed by atoms with Gasteiger partial charge in [0, 0.05) is 17.8 Å². The molecule has 2 aliphatic rings. The summed E-state index contributed by atoms with van der Waals surface area (Å²) in [5.41, 5.74) is 3.96. The second-order valence-electron chi connectivity index (χ2n) is 7.48. The van der Waals surface area contributed by atoms with Crippen molar-refractivity contribution in [3.8, 4) is 0 Å². The van der Waals surface area contributed by atoms with Crippen LogP contribution in [0.4, 0.5) is 5.69 Å². The molecule has 0 saturated carbocycles. The summed E-state index contributed by atoms with van der Waals surface area (Å²) in [6, 6.07) is 9.44. The van der Waals surface area contributed by atoms with Gasteiger partial charge in [-0.15, -0.1) is 0 Å². The summed E-state index contributed by atoms with van der Waals surface area (Å²) < 4.78 is 27.8. The van der Waals surface area contributed by atoms with Gasteiger partial charge in [0.1, 0.15) is 0 Å². The minimum Gasteiger partial charge on any atom is -0.326 e. The van der Waals surface area contributed by atoms with Crippen LogP contribution in [0.25, 0.3) is 0 Å². The lowest BCUT2D eigenvalue weighted by Gasteiger charge is -2.23. The SMILES string of the molecule is Cc1ccc(C(=O)C2CCCN2S(=O)(=O)c2ccc3c(c2)CC(=O)N3)cc1C. The lowest BCUT2D eigenvalue weighted by molar-refractivity contribution is -0.115. The molecule has 0 aromatic heterocycles. The number of fused-ring (bicyclic) bond motifs is 1. The van der Waals surface area contributed by atoms with Crippen molar-refractivity contribution in [3.05, 3.63) is 58.7 Å². The maximum absolute atomic E-state index is 13.3. The number of nitrogens with zero attached hydrogens (tertiary/aromatic N) is 1. The predicted molar refractivity (Wildman–Crippen MR) is 106 cm³/mol. The molecule has 2 aliphatic heterocycles. The minimum atomic E-state index is -3.82. The minimum absolute atomic E-state index is 0.127. The lowest BCUT2D eigenvalue weighted by atomic mass is 9.99. The van der Waals surface area contributed by atoms with Crippen LogP contribution in [0.3, 0.4) is 0 Å². The number of anilines is 1. The first-order chi connectivity index (χ1) is 13.3. The van der Waals surface area contributed by atoms with E-state index < -0.39 is 16.1 Å². The van der Waals surface area contributed by atoms with Crippen molar-refractivity contribution < 1.29 is 18.0 Å². The molecule has 0 bridgehead atoms. The first-order valence-electron chi connectivity index (χ1n) is 9.33. The molecule has 6 nitrogen and oxygen atoms in total. The summed E-state index contributed by atoms with van der Waals surface area (Å²) in [5, 5.41) is 2.70. The predicted octanol–water partition coefficient (Wildman–Crippen LogP) is 2.83. The molecule has 1 amide bonds. The van der Waals surface area contributed by atoms with Crippen molar-refractivity contribution in [2.45, 2.75) is 44.0 Å². The molecule has 1 atom stereocenters. The van der Waals surface area contributed by atoms with Crippen molar-refractivity contribution in [2.24, 2.45) is 0 Å². The van der Waals surface area contributed by atoms with Gasteiger partial charge in [0.2, 0.25) is 15.9 Å². The van der Waals surface area contributed by atoms with Gasteiger partial charge in [0.15, 0.2) is 5.78 Å². The molecule has 1 N–H and O–H groups in total. The van der Waals surface area contributed by atoms with E-state index in [1.807, 2.05) is 26.0 Å². The van der Waals surface area contributed by atoms with E-state index in [1.54, 1.807) is 18.2 Å². The summed E-state index contributed by atoms with van der Waals surface area (Å²) in [4.78, 5) is 24.7. The second-order valence-corrected chi connectivity index (χ2v) is 9.37. The number of amides is 1. The van der Waals surface area contributed by atoms with Crippen LogP contribution in [-0.4, -0.2) is 37.0 Å². The van der Waals surface area contributed by atoms with Crippen LogP contribution < -0.4 is 5.32 Å². The van der Waals surface area contributed by atoms with E-state index in [9.17, 15) is 18.0 Å². The Bertz CT molecular complexity index is 1090. The average molecular weight is 398 g/mol. The zero-order valence-electron chi connectivity index (χ0n) is 15.9. The summed E-state index contributed by atoms with van der Waals surface area (Å²) in [7, 11) is -3.82. The fourth-order valence-electron chi connectivity index (χ4n) is 3.88.